The van der Waals surface area contributed by atoms with Crippen molar-refractivity contribution in [3.8, 4) is 11.1 Å². The third kappa shape index (κ3) is 5.69. The van der Waals surface area contributed by atoms with E-state index in [4.69, 9.17) is 4.74 Å². The van der Waals surface area contributed by atoms with E-state index in [1.807, 2.05) is 12.1 Å². The lowest BCUT2D eigenvalue weighted by molar-refractivity contribution is -0.137. The minimum Gasteiger partial charge on any atom is -0.386 e. The molecule has 1 aliphatic carbocycles. The summed E-state index contributed by atoms with van der Waals surface area (Å²) in [6.45, 7) is 1.01. The highest BCUT2D eigenvalue weighted by atomic mass is 32.2. The number of aromatic nitrogens is 2. The molecule has 2 aromatic heterocycles. The number of ether oxygens (including phenoxy) is 1. The van der Waals surface area contributed by atoms with Crippen LogP contribution in [0.3, 0.4) is 0 Å². The average molecular weight is 548 g/mol. The minimum atomic E-state index is -4.44. The Labute approximate surface area is 219 Å². The second-order valence-electron chi connectivity index (χ2n) is 9.83. The molecule has 202 valence electrons. The first-order valence-electron chi connectivity index (χ1n) is 12.5. The number of hydrogen-bond donors (Lipinski definition) is 2. The molecule has 1 aromatic carbocycles. The molecule has 3 heterocycles. The number of anilines is 1. The van der Waals surface area contributed by atoms with Crippen LogP contribution in [0.2, 0.25) is 0 Å². The van der Waals surface area contributed by atoms with Gasteiger partial charge in [0.05, 0.1) is 34.6 Å². The number of pyridine rings is 2. The van der Waals surface area contributed by atoms with Gasteiger partial charge in [-0.25, -0.2) is 13.4 Å². The Bertz CT molecular complexity index is 1350. The molecule has 3 aromatic rings. The number of aliphatic hydroxyl groups is 1. The number of benzene rings is 1. The molecule has 2 fully saturated rings. The zero-order valence-electron chi connectivity index (χ0n) is 20.4. The van der Waals surface area contributed by atoms with Crippen molar-refractivity contribution in [1.29, 1.82) is 0 Å². The Balaban J connectivity index is 1.20. The molecule has 0 spiro atoms. The molecule has 1 aliphatic heterocycles. The number of hydrogen-bond acceptors (Lipinski definition) is 7. The summed E-state index contributed by atoms with van der Waals surface area (Å²) in [5, 5.41) is 13.1. The van der Waals surface area contributed by atoms with Crippen molar-refractivity contribution in [2.45, 2.75) is 54.2 Å². The Morgan fingerprint density at radius 1 is 0.947 bits per heavy atom. The van der Waals surface area contributed by atoms with E-state index in [0.717, 1.165) is 23.4 Å². The normalized spacial score (nSPS) is 21.5. The van der Waals surface area contributed by atoms with Crippen molar-refractivity contribution in [3.63, 3.8) is 0 Å². The fourth-order valence-electron chi connectivity index (χ4n) is 4.87. The zero-order valence-corrected chi connectivity index (χ0v) is 21.3. The lowest BCUT2D eigenvalue weighted by Gasteiger charge is -2.30. The van der Waals surface area contributed by atoms with E-state index in [9.17, 15) is 26.7 Å². The van der Waals surface area contributed by atoms with Crippen LogP contribution in [0.15, 0.2) is 65.8 Å². The van der Waals surface area contributed by atoms with E-state index in [0.29, 0.717) is 50.4 Å². The Morgan fingerprint density at radius 3 is 2.24 bits per heavy atom. The maximum atomic E-state index is 13.3. The van der Waals surface area contributed by atoms with Crippen LogP contribution >= 0.6 is 0 Å². The van der Waals surface area contributed by atoms with Crippen molar-refractivity contribution in [1.82, 2.24) is 9.97 Å². The van der Waals surface area contributed by atoms with E-state index in [-0.39, 0.29) is 16.9 Å². The monoisotopic (exact) mass is 547 g/mol. The standard InChI is InChI=1S/C27H28F3N3O4S/c28-27(29,30)20-3-10-25(32-14-20)33-21-4-8-23(9-5-21)38(35,36)22-6-1-17(2-7-22)18-11-12-31-24(13-18)26(34)19-15-37-16-19/h1-3,6-7,10-14,19,21,23,26,34H,4-5,8-9,15-16H2,(H,32,33)/t21-,23-,26?. The predicted molar refractivity (Wildman–Crippen MR) is 135 cm³/mol. The van der Waals surface area contributed by atoms with Crippen molar-refractivity contribution in [2.75, 3.05) is 18.5 Å². The maximum Gasteiger partial charge on any atom is 0.417 e. The number of halogens is 3. The van der Waals surface area contributed by atoms with Gasteiger partial charge in [-0.15, -0.1) is 0 Å². The highest BCUT2D eigenvalue weighted by Crippen LogP contribution is 2.33. The summed E-state index contributed by atoms with van der Waals surface area (Å²) in [4.78, 5) is 8.37. The van der Waals surface area contributed by atoms with Crippen LogP contribution in [0.4, 0.5) is 19.0 Å². The molecular formula is C27H28F3N3O4S. The first-order valence-corrected chi connectivity index (χ1v) is 14.0. The van der Waals surface area contributed by atoms with Gasteiger partial charge in [-0.1, -0.05) is 12.1 Å². The van der Waals surface area contributed by atoms with Crippen LogP contribution in [-0.2, 0) is 20.8 Å². The van der Waals surface area contributed by atoms with Gasteiger partial charge in [0, 0.05) is 24.4 Å². The molecule has 0 amide bonds. The van der Waals surface area contributed by atoms with Gasteiger partial charge >= 0.3 is 6.18 Å². The minimum absolute atomic E-state index is 0.0294. The van der Waals surface area contributed by atoms with E-state index < -0.39 is 32.9 Å². The summed E-state index contributed by atoms with van der Waals surface area (Å²) in [6.07, 6.45) is -0.700. The molecule has 1 saturated heterocycles. The third-order valence-electron chi connectivity index (χ3n) is 7.27. The molecular weight excluding hydrogens is 519 g/mol. The fourth-order valence-corrected chi connectivity index (χ4v) is 6.66. The van der Waals surface area contributed by atoms with Crippen molar-refractivity contribution >= 4 is 15.7 Å². The number of nitrogens with one attached hydrogen (secondary N) is 1. The van der Waals surface area contributed by atoms with Gasteiger partial charge in [0.1, 0.15) is 11.9 Å². The van der Waals surface area contributed by atoms with Gasteiger partial charge in [0.25, 0.3) is 0 Å². The summed E-state index contributed by atoms with van der Waals surface area (Å²) in [7, 11) is -3.54. The smallest absolute Gasteiger partial charge is 0.386 e. The van der Waals surface area contributed by atoms with Crippen molar-refractivity contribution in [2.24, 2.45) is 5.92 Å². The van der Waals surface area contributed by atoms with Gasteiger partial charge in [-0.2, -0.15) is 13.2 Å². The first-order chi connectivity index (χ1) is 18.1. The van der Waals surface area contributed by atoms with Crippen LogP contribution in [0.1, 0.15) is 43.0 Å². The van der Waals surface area contributed by atoms with Crippen LogP contribution in [0.25, 0.3) is 11.1 Å². The molecule has 38 heavy (non-hydrogen) atoms. The van der Waals surface area contributed by atoms with Crippen molar-refractivity contribution in [3.05, 3.63) is 72.2 Å². The number of sulfone groups is 1. The van der Waals surface area contributed by atoms with Gasteiger partial charge in [-0.3, -0.25) is 4.98 Å². The molecule has 1 atom stereocenters. The fraction of sp³-hybridized carbons (Fsp3) is 0.407. The number of aliphatic hydroxyl groups excluding tert-OH is 1. The van der Waals surface area contributed by atoms with Gasteiger partial charge in [-0.05, 0) is 73.2 Å². The number of nitrogens with zero attached hydrogens (tertiary/aromatic N) is 2. The molecule has 7 nitrogen and oxygen atoms in total. The summed E-state index contributed by atoms with van der Waals surface area (Å²) in [5.74, 6) is 0.370. The largest absolute Gasteiger partial charge is 0.417 e. The highest BCUT2D eigenvalue weighted by molar-refractivity contribution is 7.92. The predicted octanol–water partition coefficient (Wildman–Crippen LogP) is 5.04. The molecule has 0 radical (unpaired) electrons. The van der Waals surface area contributed by atoms with E-state index >= 15 is 0 Å². The SMILES string of the molecule is O=S(=O)(c1ccc(-c2ccnc(C(O)C3COC3)c2)cc1)[C@H]1CC[C@H](Nc2ccc(C(F)(F)F)cn2)CC1. The number of alkyl halides is 3. The summed E-state index contributed by atoms with van der Waals surface area (Å²) in [6, 6.07) is 12.6. The van der Waals surface area contributed by atoms with Gasteiger partial charge in [0.2, 0.25) is 0 Å². The van der Waals surface area contributed by atoms with Gasteiger partial charge < -0.3 is 15.2 Å². The Kier molecular flexibility index (Phi) is 7.43. The second-order valence-corrected chi connectivity index (χ2v) is 12.1. The molecule has 11 heteroatoms. The van der Waals surface area contributed by atoms with Crippen molar-refractivity contribution < 1.29 is 31.4 Å². The lowest BCUT2D eigenvalue weighted by Crippen LogP contribution is -2.33. The second kappa shape index (κ2) is 10.6. The molecule has 1 unspecified atom stereocenters. The Hall–Kier alpha value is -3.02. The summed E-state index contributed by atoms with van der Waals surface area (Å²) < 4.78 is 69.9. The average Bonchev–Trinajstić information content (AvgIpc) is 2.88. The lowest BCUT2D eigenvalue weighted by atomic mass is 9.95. The topological polar surface area (TPSA) is 101 Å². The highest BCUT2D eigenvalue weighted by Gasteiger charge is 2.33. The molecule has 0 bridgehead atoms. The molecule has 5 rings (SSSR count). The van der Waals surface area contributed by atoms with Crippen LogP contribution in [-0.4, -0.2) is 48.0 Å². The number of rotatable bonds is 7. The van der Waals surface area contributed by atoms with Crippen LogP contribution < -0.4 is 5.32 Å². The molecule has 2 aliphatic rings. The molecule has 2 N–H and O–H groups in total. The van der Waals surface area contributed by atoms with E-state index in [1.54, 1.807) is 30.5 Å². The van der Waals surface area contributed by atoms with Crippen LogP contribution in [0, 0.1) is 5.92 Å². The van der Waals surface area contributed by atoms with Crippen LogP contribution in [0.5, 0.6) is 0 Å². The zero-order chi connectivity index (χ0) is 26.9. The van der Waals surface area contributed by atoms with Gasteiger partial charge in [0.15, 0.2) is 9.84 Å². The maximum absolute atomic E-state index is 13.3. The molecule has 1 saturated carbocycles. The first kappa shape index (κ1) is 26.6. The van der Waals surface area contributed by atoms with E-state index in [2.05, 4.69) is 15.3 Å². The summed E-state index contributed by atoms with van der Waals surface area (Å²) >= 11 is 0. The third-order valence-corrected chi connectivity index (χ3v) is 9.54. The van der Waals surface area contributed by atoms with E-state index in [1.165, 1.54) is 6.07 Å². The summed E-state index contributed by atoms with van der Waals surface area (Å²) in [5.41, 5.74) is 1.40. The quantitative estimate of drug-likeness (QED) is 0.427. The Morgan fingerprint density at radius 2 is 1.66 bits per heavy atom.